The molecule has 0 radical (unpaired) electrons. The Morgan fingerprint density at radius 2 is 2.00 bits per heavy atom. The first-order valence-electron chi connectivity index (χ1n) is 5.28. The summed E-state index contributed by atoms with van der Waals surface area (Å²) in [5, 5.41) is 0. The summed E-state index contributed by atoms with van der Waals surface area (Å²) in [6.07, 6.45) is 0.436. The lowest BCUT2D eigenvalue weighted by molar-refractivity contribution is -0.144. The lowest BCUT2D eigenvalue weighted by atomic mass is 10.1. The monoisotopic (exact) mass is 293 g/mol. The van der Waals surface area contributed by atoms with Crippen molar-refractivity contribution in [3.63, 3.8) is 0 Å². The molecular weight excluding hydrogens is 277 g/mol. The summed E-state index contributed by atoms with van der Waals surface area (Å²) in [6, 6.07) is 6.73. The number of carbonyl (C=O) groups is 1. The third-order valence-electron chi connectivity index (χ3n) is 2.24. The van der Waals surface area contributed by atoms with E-state index >= 15 is 0 Å². The van der Waals surface area contributed by atoms with Crippen molar-refractivity contribution in [2.75, 3.05) is 19.6 Å². The van der Waals surface area contributed by atoms with Crippen molar-refractivity contribution in [3.8, 4) is 5.75 Å². The molecule has 0 amide bonds. The Morgan fingerprint density at radius 3 is 2.50 bits per heavy atom. The van der Waals surface area contributed by atoms with Gasteiger partial charge in [-0.25, -0.2) is 0 Å². The van der Waals surface area contributed by atoms with Gasteiger partial charge in [0, 0.05) is 0 Å². The van der Waals surface area contributed by atoms with Crippen molar-refractivity contribution in [1.29, 1.82) is 0 Å². The zero-order valence-electron chi connectivity index (χ0n) is 10.1. The van der Waals surface area contributed by atoms with Crippen molar-refractivity contribution in [2.45, 2.75) is 12.5 Å². The largest absolute Gasteiger partial charge is 0.497 e. The fraction of sp³-hybridized carbons (Fsp3) is 0.417. The SMILES string of the molecule is COc1ccc(CC(N)C(=O)OCCCl)cc1.Cl. The van der Waals surface area contributed by atoms with Crippen LogP contribution < -0.4 is 10.5 Å². The molecule has 6 heteroatoms. The van der Waals surface area contributed by atoms with Gasteiger partial charge in [-0.3, -0.25) is 4.79 Å². The maximum absolute atomic E-state index is 11.4. The number of esters is 1. The van der Waals surface area contributed by atoms with Gasteiger partial charge >= 0.3 is 5.97 Å². The van der Waals surface area contributed by atoms with Crippen LogP contribution in [0, 0.1) is 0 Å². The molecule has 0 heterocycles. The Hall–Kier alpha value is -0.970. The fourth-order valence-electron chi connectivity index (χ4n) is 1.35. The molecular formula is C12H17Cl2NO3. The molecule has 0 spiro atoms. The van der Waals surface area contributed by atoms with Crippen LogP contribution in [0.2, 0.25) is 0 Å². The van der Waals surface area contributed by atoms with Crippen LogP contribution in [-0.2, 0) is 16.0 Å². The van der Waals surface area contributed by atoms with Crippen LogP contribution in [0.4, 0.5) is 0 Å². The van der Waals surface area contributed by atoms with Gasteiger partial charge in [-0.2, -0.15) is 0 Å². The summed E-state index contributed by atoms with van der Waals surface area (Å²) < 4.78 is 9.89. The van der Waals surface area contributed by atoms with Gasteiger partial charge in [0.05, 0.1) is 13.0 Å². The molecule has 0 saturated carbocycles. The Kier molecular flexibility index (Phi) is 8.54. The molecule has 0 aromatic heterocycles. The highest BCUT2D eigenvalue weighted by Crippen LogP contribution is 2.12. The first-order chi connectivity index (χ1) is 8.17. The number of hydrogen-bond donors (Lipinski definition) is 1. The molecule has 102 valence electrons. The van der Waals surface area contributed by atoms with Crippen molar-refractivity contribution in [3.05, 3.63) is 29.8 Å². The van der Waals surface area contributed by atoms with Gasteiger partial charge in [0.25, 0.3) is 0 Å². The fourth-order valence-corrected chi connectivity index (χ4v) is 1.42. The molecule has 0 aliphatic heterocycles. The number of hydrogen-bond acceptors (Lipinski definition) is 4. The molecule has 0 aliphatic rings. The molecule has 0 saturated heterocycles. The third kappa shape index (κ3) is 5.58. The molecule has 1 aromatic rings. The third-order valence-corrected chi connectivity index (χ3v) is 2.39. The number of ether oxygens (including phenoxy) is 2. The molecule has 1 aromatic carbocycles. The minimum Gasteiger partial charge on any atom is -0.497 e. The van der Waals surface area contributed by atoms with E-state index in [0.29, 0.717) is 6.42 Å². The lowest BCUT2D eigenvalue weighted by Crippen LogP contribution is -2.34. The number of rotatable bonds is 6. The smallest absolute Gasteiger partial charge is 0.323 e. The lowest BCUT2D eigenvalue weighted by Gasteiger charge is -2.11. The van der Waals surface area contributed by atoms with Crippen LogP contribution in [0.1, 0.15) is 5.56 Å². The quantitative estimate of drug-likeness (QED) is 0.641. The topological polar surface area (TPSA) is 61.5 Å². The maximum atomic E-state index is 11.4. The highest BCUT2D eigenvalue weighted by Gasteiger charge is 2.15. The summed E-state index contributed by atoms with van der Waals surface area (Å²) in [5.41, 5.74) is 6.67. The van der Waals surface area contributed by atoms with Crippen LogP contribution in [0.5, 0.6) is 5.75 Å². The van der Waals surface area contributed by atoms with Crippen LogP contribution in [0.15, 0.2) is 24.3 Å². The number of carbonyl (C=O) groups excluding carboxylic acids is 1. The molecule has 1 rings (SSSR count). The predicted molar refractivity (Wildman–Crippen MR) is 73.6 cm³/mol. The minimum atomic E-state index is -0.661. The minimum absolute atomic E-state index is 0. The van der Waals surface area contributed by atoms with Crippen molar-refractivity contribution >= 4 is 30.0 Å². The number of alkyl halides is 1. The van der Waals surface area contributed by atoms with E-state index in [4.69, 9.17) is 26.8 Å². The van der Waals surface area contributed by atoms with Gasteiger partial charge in [0.1, 0.15) is 18.4 Å². The maximum Gasteiger partial charge on any atom is 0.323 e. The van der Waals surface area contributed by atoms with E-state index in [-0.39, 0.29) is 24.9 Å². The molecule has 4 nitrogen and oxygen atoms in total. The summed E-state index contributed by atoms with van der Waals surface area (Å²) in [7, 11) is 1.60. The van der Waals surface area contributed by atoms with E-state index in [2.05, 4.69) is 0 Å². The second kappa shape index (κ2) is 9.03. The van der Waals surface area contributed by atoms with E-state index in [1.54, 1.807) is 7.11 Å². The van der Waals surface area contributed by atoms with Crippen molar-refractivity contribution in [1.82, 2.24) is 0 Å². The second-order valence-corrected chi connectivity index (χ2v) is 3.89. The summed E-state index contributed by atoms with van der Waals surface area (Å²) in [5.74, 6) is 0.620. The van der Waals surface area contributed by atoms with Gasteiger partial charge in [-0.15, -0.1) is 24.0 Å². The van der Waals surface area contributed by atoms with E-state index in [9.17, 15) is 4.79 Å². The normalized spacial score (nSPS) is 11.3. The Bertz CT molecular complexity index is 357. The second-order valence-electron chi connectivity index (χ2n) is 3.52. The average molecular weight is 294 g/mol. The number of benzene rings is 1. The van der Waals surface area contributed by atoms with Crippen LogP contribution in [-0.4, -0.2) is 31.6 Å². The Morgan fingerprint density at radius 1 is 1.39 bits per heavy atom. The van der Waals surface area contributed by atoms with Gasteiger partial charge in [-0.1, -0.05) is 12.1 Å². The predicted octanol–water partition coefficient (Wildman–Crippen LogP) is 1.77. The van der Waals surface area contributed by atoms with Gasteiger partial charge in [0.2, 0.25) is 0 Å². The molecule has 1 atom stereocenters. The van der Waals surface area contributed by atoms with E-state index in [0.717, 1.165) is 11.3 Å². The Labute approximate surface area is 118 Å². The highest BCUT2D eigenvalue weighted by molar-refractivity contribution is 6.18. The number of halogens is 2. The zero-order chi connectivity index (χ0) is 12.7. The van der Waals surface area contributed by atoms with Crippen molar-refractivity contribution in [2.24, 2.45) is 5.73 Å². The van der Waals surface area contributed by atoms with Gasteiger partial charge in [0.15, 0.2) is 0 Å². The molecule has 0 fully saturated rings. The first kappa shape index (κ1) is 17.0. The molecule has 1 unspecified atom stereocenters. The average Bonchev–Trinajstić information content (AvgIpc) is 2.36. The first-order valence-corrected chi connectivity index (χ1v) is 5.82. The number of methoxy groups -OCH3 is 1. The summed E-state index contributed by atoms with van der Waals surface area (Å²) in [4.78, 5) is 11.4. The zero-order valence-corrected chi connectivity index (χ0v) is 11.7. The molecule has 0 bridgehead atoms. The van der Waals surface area contributed by atoms with Crippen LogP contribution in [0.25, 0.3) is 0 Å². The summed E-state index contributed by atoms with van der Waals surface area (Å²) in [6.45, 7) is 0.191. The highest BCUT2D eigenvalue weighted by atomic mass is 35.5. The summed E-state index contributed by atoms with van der Waals surface area (Å²) >= 11 is 5.41. The molecule has 18 heavy (non-hydrogen) atoms. The molecule has 0 aliphatic carbocycles. The van der Waals surface area contributed by atoms with E-state index in [1.807, 2.05) is 24.3 Å². The number of nitrogens with two attached hydrogens (primary N) is 1. The Balaban J connectivity index is 0.00000289. The van der Waals surface area contributed by atoms with Crippen molar-refractivity contribution < 1.29 is 14.3 Å². The van der Waals surface area contributed by atoms with E-state index in [1.165, 1.54) is 0 Å². The van der Waals surface area contributed by atoms with Crippen LogP contribution in [0.3, 0.4) is 0 Å². The van der Waals surface area contributed by atoms with E-state index < -0.39 is 12.0 Å². The van der Waals surface area contributed by atoms with Gasteiger partial charge < -0.3 is 15.2 Å². The molecule has 2 N–H and O–H groups in total. The van der Waals surface area contributed by atoms with Gasteiger partial charge in [-0.05, 0) is 24.1 Å². The standard InChI is InChI=1S/C12H16ClNO3.ClH/c1-16-10-4-2-9(3-5-10)8-11(14)12(15)17-7-6-13;/h2-5,11H,6-8,14H2,1H3;1H. The van der Waals surface area contributed by atoms with Crippen LogP contribution >= 0.6 is 24.0 Å².